The van der Waals surface area contributed by atoms with Gasteiger partial charge in [-0.15, -0.1) is 0 Å². The van der Waals surface area contributed by atoms with E-state index in [1.165, 1.54) is 0 Å². The van der Waals surface area contributed by atoms with Crippen molar-refractivity contribution in [2.75, 3.05) is 36.8 Å². The lowest BCUT2D eigenvalue weighted by Crippen LogP contribution is -2.50. The average molecular weight is 589 g/mol. The molecule has 2 N–H and O–H groups in total. The van der Waals surface area contributed by atoms with Gasteiger partial charge in [0.25, 0.3) is 0 Å². The van der Waals surface area contributed by atoms with Crippen LogP contribution >= 0.6 is 0 Å². The molecule has 1 spiro atoms. The molecule has 10 nitrogen and oxygen atoms in total. The Labute approximate surface area is 245 Å². The number of anilines is 2. The van der Waals surface area contributed by atoms with Gasteiger partial charge in [-0.1, -0.05) is 38.9 Å². The summed E-state index contributed by atoms with van der Waals surface area (Å²) in [6.07, 6.45) is 7.14. The number of alkyl carbamates (subject to hydrolysis) is 1. The van der Waals surface area contributed by atoms with Crippen LogP contribution in [0, 0.1) is 5.92 Å². The number of ether oxygens (including phenoxy) is 3. The fourth-order valence-corrected chi connectivity index (χ4v) is 6.71. The zero-order valence-electron chi connectivity index (χ0n) is 25.6. The summed E-state index contributed by atoms with van der Waals surface area (Å²) in [5, 5.41) is 5.76. The van der Waals surface area contributed by atoms with Gasteiger partial charge in [-0.2, -0.15) is 0 Å². The molecule has 1 aromatic rings. The molecule has 41 heavy (non-hydrogen) atoms. The molecule has 11 heteroatoms. The predicted molar refractivity (Wildman–Crippen MR) is 161 cm³/mol. The Morgan fingerprint density at radius 2 is 1.85 bits per heavy atom. The van der Waals surface area contributed by atoms with Gasteiger partial charge in [0.05, 0.1) is 11.1 Å². The first kappa shape index (κ1) is 31.4. The molecule has 2 aliphatic heterocycles. The van der Waals surface area contributed by atoms with Crippen LogP contribution in [0.5, 0.6) is 0 Å². The van der Waals surface area contributed by atoms with Gasteiger partial charge >= 0.3 is 6.09 Å². The highest BCUT2D eigenvalue weighted by atomic mass is 28.3. The molecule has 3 amide bonds. The SMILES string of the molecule is CC(C)(C)OC(=O)N[C@H](C(=O)Nc1cc2c(cn1)C1(CCOCC1)C(=O)N2COCC[Si](C)(C)C)C1CCCCC1. The third-order valence-corrected chi connectivity index (χ3v) is 9.94. The number of carbonyl (C=O) groups excluding carboxylic acids is 3. The molecule has 0 bridgehead atoms. The molecule has 3 heterocycles. The Bertz CT molecular complexity index is 1100. The minimum absolute atomic E-state index is 0.000699. The maximum Gasteiger partial charge on any atom is 0.408 e. The number of pyridine rings is 1. The first-order chi connectivity index (χ1) is 19.3. The van der Waals surface area contributed by atoms with E-state index in [1.54, 1.807) is 37.9 Å². The van der Waals surface area contributed by atoms with Crippen molar-refractivity contribution in [3.05, 3.63) is 17.8 Å². The molecule has 0 unspecified atom stereocenters. The Kier molecular flexibility index (Phi) is 9.80. The molecule has 1 saturated carbocycles. The molecule has 2 fully saturated rings. The molecular weight excluding hydrogens is 540 g/mol. The van der Waals surface area contributed by atoms with Crippen molar-refractivity contribution in [1.29, 1.82) is 0 Å². The molecule has 0 aromatic carbocycles. The zero-order valence-corrected chi connectivity index (χ0v) is 26.6. The second-order valence-electron chi connectivity index (χ2n) is 13.9. The molecule has 1 aromatic heterocycles. The van der Waals surface area contributed by atoms with Gasteiger partial charge in [-0.05, 0) is 58.4 Å². The first-order valence-electron chi connectivity index (χ1n) is 15.1. The van der Waals surface area contributed by atoms with Gasteiger partial charge in [0, 0.05) is 45.7 Å². The Balaban J connectivity index is 1.55. The van der Waals surface area contributed by atoms with Gasteiger partial charge in [0.2, 0.25) is 11.8 Å². The normalized spacial score (nSPS) is 20.0. The smallest absolute Gasteiger partial charge is 0.408 e. The number of hydrogen-bond acceptors (Lipinski definition) is 7. The molecule has 228 valence electrons. The molecule has 0 radical (unpaired) electrons. The van der Waals surface area contributed by atoms with Crippen LogP contribution in [0.25, 0.3) is 0 Å². The maximum atomic E-state index is 13.8. The van der Waals surface area contributed by atoms with Crippen molar-refractivity contribution in [3.63, 3.8) is 0 Å². The third-order valence-electron chi connectivity index (χ3n) is 8.23. The topological polar surface area (TPSA) is 119 Å². The highest BCUT2D eigenvalue weighted by molar-refractivity contribution is 6.76. The number of fused-ring (bicyclic) bond motifs is 2. The summed E-state index contributed by atoms with van der Waals surface area (Å²) in [7, 11) is -1.28. The van der Waals surface area contributed by atoms with E-state index >= 15 is 0 Å². The second-order valence-corrected chi connectivity index (χ2v) is 19.5. The lowest BCUT2D eigenvalue weighted by atomic mass is 9.76. The van der Waals surface area contributed by atoms with Crippen LogP contribution < -0.4 is 15.5 Å². The van der Waals surface area contributed by atoms with Gasteiger partial charge in [-0.3, -0.25) is 14.5 Å². The van der Waals surface area contributed by atoms with Crippen molar-refractivity contribution in [1.82, 2.24) is 10.3 Å². The van der Waals surface area contributed by atoms with Crippen LogP contribution in [-0.4, -0.2) is 69.2 Å². The van der Waals surface area contributed by atoms with Gasteiger partial charge in [-0.25, -0.2) is 9.78 Å². The number of amides is 3. The van der Waals surface area contributed by atoms with Gasteiger partial charge in [0.15, 0.2) is 0 Å². The lowest BCUT2D eigenvalue weighted by molar-refractivity contribution is -0.127. The van der Waals surface area contributed by atoms with Crippen molar-refractivity contribution in [2.45, 2.75) is 108 Å². The zero-order chi connectivity index (χ0) is 29.8. The van der Waals surface area contributed by atoms with Crippen LogP contribution in [0.15, 0.2) is 12.3 Å². The van der Waals surface area contributed by atoms with E-state index in [9.17, 15) is 14.4 Å². The minimum atomic E-state index is -1.28. The van der Waals surface area contributed by atoms with Gasteiger partial charge < -0.3 is 24.8 Å². The van der Waals surface area contributed by atoms with Crippen LogP contribution in [0.2, 0.25) is 25.7 Å². The number of hydrogen-bond donors (Lipinski definition) is 2. The van der Waals surface area contributed by atoms with Gasteiger partial charge in [0.1, 0.15) is 24.2 Å². The number of nitrogens with one attached hydrogen (secondary N) is 2. The summed E-state index contributed by atoms with van der Waals surface area (Å²) in [4.78, 5) is 46.4. The minimum Gasteiger partial charge on any atom is -0.444 e. The number of rotatable bonds is 9. The van der Waals surface area contributed by atoms with Crippen LogP contribution in [-0.2, 0) is 29.2 Å². The summed E-state index contributed by atoms with van der Waals surface area (Å²) in [6.45, 7) is 14.0. The largest absolute Gasteiger partial charge is 0.444 e. The first-order valence-corrected chi connectivity index (χ1v) is 18.8. The summed E-state index contributed by atoms with van der Waals surface area (Å²) in [6, 6.07) is 2.03. The van der Waals surface area contributed by atoms with Crippen molar-refractivity contribution < 1.29 is 28.6 Å². The highest BCUT2D eigenvalue weighted by Gasteiger charge is 2.52. The van der Waals surface area contributed by atoms with E-state index < -0.39 is 31.2 Å². The quantitative estimate of drug-likeness (QED) is 0.301. The van der Waals surface area contributed by atoms with E-state index in [2.05, 4.69) is 35.3 Å². The fraction of sp³-hybridized carbons (Fsp3) is 0.733. The van der Waals surface area contributed by atoms with Crippen molar-refractivity contribution in [2.24, 2.45) is 5.92 Å². The Morgan fingerprint density at radius 3 is 2.49 bits per heavy atom. The molecule has 4 rings (SSSR count). The molecule has 1 aliphatic carbocycles. The average Bonchev–Trinajstić information content (AvgIpc) is 3.11. The standard InChI is InChI=1S/C30H48N4O6Si/c1-29(2,3)40-28(37)33-25(21-10-8-7-9-11-21)26(35)32-24-18-23-22(19-31-24)30(12-14-38-15-13-30)27(36)34(23)20-39-16-17-41(4,5)6/h18-19,21,25H,7-17,20H2,1-6H3,(H,33,37)(H,31,32,35)/t25-/m0/s1. The molecule has 3 aliphatic rings. The predicted octanol–water partition coefficient (Wildman–Crippen LogP) is 5.20. The Hall–Kier alpha value is -2.50. The van der Waals surface area contributed by atoms with Crippen LogP contribution in [0.1, 0.15) is 71.3 Å². The monoisotopic (exact) mass is 588 g/mol. The molecule has 1 atom stereocenters. The summed E-state index contributed by atoms with van der Waals surface area (Å²) >= 11 is 0. The van der Waals surface area contributed by atoms with E-state index in [0.717, 1.165) is 43.7 Å². The van der Waals surface area contributed by atoms with Crippen LogP contribution in [0.3, 0.4) is 0 Å². The third kappa shape index (κ3) is 7.87. The number of carbonyl (C=O) groups is 3. The van der Waals surface area contributed by atoms with E-state index in [4.69, 9.17) is 14.2 Å². The second kappa shape index (κ2) is 12.8. The van der Waals surface area contributed by atoms with E-state index in [0.29, 0.717) is 44.2 Å². The van der Waals surface area contributed by atoms with Crippen LogP contribution in [0.4, 0.5) is 16.3 Å². The molecule has 1 saturated heterocycles. The fourth-order valence-electron chi connectivity index (χ4n) is 5.96. The van der Waals surface area contributed by atoms with Crippen molar-refractivity contribution >= 4 is 37.5 Å². The summed E-state index contributed by atoms with van der Waals surface area (Å²) in [5.41, 5.74) is 0.207. The number of nitrogens with zero attached hydrogens (tertiary/aromatic N) is 2. The molecular formula is C30H48N4O6Si. The van der Waals surface area contributed by atoms with E-state index in [1.807, 2.05) is 0 Å². The Morgan fingerprint density at radius 1 is 1.17 bits per heavy atom. The summed E-state index contributed by atoms with van der Waals surface area (Å²) in [5.74, 6) is 0.0117. The summed E-state index contributed by atoms with van der Waals surface area (Å²) < 4.78 is 17.1. The maximum absolute atomic E-state index is 13.8. The lowest BCUT2D eigenvalue weighted by Gasteiger charge is -2.32. The van der Waals surface area contributed by atoms with E-state index in [-0.39, 0.29) is 24.5 Å². The number of aromatic nitrogens is 1. The van der Waals surface area contributed by atoms with Crippen molar-refractivity contribution in [3.8, 4) is 0 Å². The highest BCUT2D eigenvalue weighted by Crippen LogP contribution is 2.48.